The molecule has 0 N–H and O–H groups in total. The van der Waals surface area contributed by atoms with Gasteiger partial charge < -0.3 is 14.5 Å². The maximum atomic E-state index is 13.0. The fourth-order valence-electron chi connectivity index (χ4n) is 4.03. The number of likely N-dealkylation sites (tertiary alicyclic amines) is 2. The van der Waals surface area contributed by atoms with Crippen LogP contribution < -0.4 is 0 Å². The molecular formula is C20H29FN2O2. The molecule has 3 rings (SSSR count). The molecule has 2 fully saturated rings. The fraction of sp³-hybridized carbons (Fsp3) is 0.650. The SMILES string of the molecule is COCCN1CC[C@H](C(=O)N2CCC(Cc3ccc(F)cc3)CC2)C1. The summed E-state index contributed by atoms with van der Waals surface area (Å²) in [5.41, 5.74) is 1.19. The maximum Gasteiger partial charge on any atom is 0.227 e. The van der Waals surface area contributed by atoms with Gasteiger partial charge in [0, 0.05) is 33.3 Å². The second-order valence-corrected chi connectivity index (χ2v) is 7.38. The first-order valence-corrected chi connectivity index (χ1v) is 9.40. The van der Waals surface area contributed by atoms with E-state index >= 15 is 0 Å². The minimum atomic E-state index is -0.180. The zero-order valence-electron chi connectivity index (χ0n) is 15.1. The van der Waals surface area contributed by atoms with E-state index in [9.17, 15) is 9.18 Å². The molecule has 2 aliphatic heterocycles. The van der Waals surface area contributed by atoms with Gasteiger partial charge in [-0.1, -0.05) is 12.1 Å². The molecule has 25 heavy (non-hydrogen) atoms. The zero-order chi connectivity index (χ0) is 17.6. The number of hydrogen-bond donors (Lipinski definition) is 0. The lowest BCUT2D eigenvalue weighted by molar-refractivity contribution is -0.136. The van der Waals surface area contributed by atoms with Crippen molar-refractivity contribution in [2.75, 3.05) is 46.4 Å². The number of methoxy groups -OCH3 is 1. The number of rotatable bonds is 6. The van der Waals surface area contributed by atoms with Gasteiger partial charge in [-0.2, -0.15) is 0 Å². The van der Waals surface area contributed by atoms with Crippen molar-refractivity contribution in [1.29, 1.82) is 0 Å². The van der Waals surface area contributed by atoms with E-state index in [1.807, 2.05) is 12.1 Å². The number of ether oxygens (including phenoxy) is 1. The smallest absolute Gasteiger partial charge is 0.227 e. The number of hydrogen-bond acceptors (Lipinski definition) is 3. The van der Waals surface area contributed by atoms with Crippen LogP contribution in [-0.4, -0.2) is 62.1 Å². The number of benzene rings is 1. The van der Waals surface area contributed by atoms with Crippen LogP contribution in [0.4, 0.5) is 4.39 Å². The summed E-state index contributed by atoms with van der Waals surface area (Å²) in [5, 5.41) is 0. The minimum Gasteiger partial charge on any atom is -0.383 e. The van der Waals surface area contributed by atoms with Crippen LogP contribution in [0.2, 0.25) is 0 Å². The number of nitrogens with zero attached hydrogens (tertiary/aromatic N) is 2. The van der Waals surface area contributed by atoms with E-state index in [1.54, 1.807) is 7.11 Å². The Kier molecular flexibility index (Phi) is 6.43. The Morgan fingerprint density at radius 3 is 2.56 bits per heavy atom. The van der Waals surface area contributed by atoms with Gasteiger partial charge in [-0.15, -0.1) is 0 Å². The second-order valence-electron chi connectivity index (χ2n) is 7.38. The molecule has 0 unspecified atom stereocenters. The van der Waals surface area contributed by atoms with Crippen LogP contribution in [0.5, 0.6) is 0 Å². The number of piperidine rings is 1. The molecule has 4 nitrogen and oxygen atoms in total. The van der Waals surface area contributed by atoms with Gasteiger partial charge >= 0.3 is 0 Å². The van der Waals surface area contributed by atoms with Crippen molar-refractivity contribution in [1.82, 2.24) is 9.80 Å². The molecule has 5 heteroatoms. The molecule has 2 aliphatic rings. The van der Waals surface area contributed by atoms with Crippen LogP contribution in [-0.2, 0) is 16.0 Å². The predicted molar refractivity (Wildman–Crippen MR) is 95.8 cm³/mol. The summed E-state index contributed by atoms with van der Waals surface area (Å²) in [6.45, 7) is 5.24. The Bertz CT molecular complexity index is 555. The minimum absolute atomic E-state index is 0.158. The first-order valence-electron chi connectivity index (χ1n) is 9.40. The molecule has 0 aromatic heterocycles. The lowest BCUT2D eigenvalue weighted by atomic mass is 9.89. The Labute approximate surface area is 149 Å². The van der Waals surface area contributed by atoms with Gasteiger partial charge in [-0.3, -0.25) is 4.79 Å². The molecule has 2 saturated heterocycles. The highest BCUT2D eigenvalue weighted by Crippen LogP contribution is 2.25. The summed E-state index contributed by atoms with van der Waals surface area (Å²) < 4.78 is 18.1. The van der Waals surface area contributed by atoms with Gasteiger partial charge in [0.25, 0.3) is 0 Å². The van der Waals surface area contributed by atoms with Crippen molar-refractivity contribution in [3.05, 3.63) is 35.6 Å². The van der Waals surface area contributed by atoms with E-state index < -0.39 is 0 Å². The van der Waals surface area contributed by atoms with E-state index in [0.29, 0.717) is 11.8 Å². The number of amides is 1. The lowest BCUT2D eigenvalue weighted by Crippen LogP contribution is -2.42. The Balaban J connectivity index is 1.42. The maximum absolute atomic E-state index is 13.0. The van der Waals surface area contributed by atoms with Crippen LogP contribution >= 0.6 is 0 Å². The van der Waals surface area contributed by atoms with Crippen molar-refractivity contribution in [2.24, 2.45) is 11.8 Å². The Hall–Kier alpha value is -1.46. The molecule has 1 atom stereocenters. The highest BCUT2D eigenvalue weighted by Gasteiger charge is 2.32. The van der Waals surface area contributed by atoms with E-state index in [0.717, 1.165) is 65.0 Å². The Morgan fingerprint density at radius 2 is 1.88 bits per heavy atom. The molecule has 1 aromatic carbocycles. The van der Waals surface area contributed by atoms with Crippen molar-refractivity contribution in [2.45, 2.75) is 25.7 Å². The van der Waals surface area contributed by atoms with Crippen LogP contribution in [0.3, 0.4) is 0 Å². The third kappa shape index (κ3) is 5.02. The predicted octanol–water partition coefficient (Wildman–Crippen LogP) is 2.58. The summed E-state index contributed by atoms with van der Waals surface area (Å²) in [6, 6.07) is 6.81. The highest BCUT2D eigenvalue weighted by molar-refractivity contribution is 5.79. The monoisotopic (exact) mass is 348 g/mol. The molecule has 0 spiro atoms. The quantitative estimate of drug-likeness (QED) is 0.792. The topological polar surface area (TPSA) is 32.8 Å². The Morgan fingerprint density at radius 1 is 1.16 bits per heavy atom. The van der Waals surface area contributed by atoms with Gasteiger partial charge in [0.15, 0.2) is 0 Å². The third-order valence-electron chi connectivity index (χ3n) is 5.60. The van der Waals surface area contributed by atoms with E-state index in [1.165, 1.54) is 17.7 Å². The van der Waals surface area contributed by atoms with Gasteiger partial charge in [0.2, 0.25) is 5.91 Å². The van der Waals surface area contributed by atoms with Crippen molar-refractivity contribution < 1.29 is 13.9 Å². The molecule has 0 saturated carbocycles. The first-order chi connectivity index (χ1) is 12.2. The summed E-state index contributed by atoms with van der Waals surface area (Å²) in [6.07, 6.45) is 4.04. The van der Waals surface area contributed by atoms with Gasteiger partial charge in [-0.05, 0) is 55.8 Å². The van der Waals surface area contributed by atoms with Crippen molar-refractivity contribution in [3.63, 3.8) is 0 Å². The lowest BCUT2D eigenvalue weighted by Gasteiger charge is -2.33. The van der Waals surface area contributed by atoms with Gasteiger partial charge in [-0.25, -0.2) is 4.39 Å². The molecule has 1 amide bonds. The van der Waals surface area contributed by atoms with E-state index in [4.69, 9.17) is 4.74 Å². The summed E-state index contributed by atoms with van der Waals surface area (Å²) in [7, 11) is 1.72. The third-order valence-corrected chi connectivity index (χ3v) is 5.60. The number of halogens is 1. The van der Waals surface area contributed by atoms with E-state index in [2.05, 4.69) is 9.80 Å². The van der Waals surface area contributed by atoms with Crippen molar-refractivity contribution in [3.8, 4) is 0 Å². The normalized spacial score (nSPS) is 22.5. The largest absolute Gasteiger partial charge is 0.383 e. The molecular weight excluding hydrogens is 319 g/mol. The first kappa shape index (κ1) is 18.3. The molecule has 0 bridgehead atoms. The summed E-state index contributed by atoms with van der Waals surface area (Å²) in [4.78, 5) is 17.1. The van der Waals surface area contributed by atoms with Gasteiger partial charge in [0.05, 0.1) is 12.5 Å². The number of carbonyl (C=O) groups excluding carboxylic acids is 1. The van der Waals surface area contributed by atoms with E-state index in [-0.39, 0.29) is 11.7 Å². The van der Waals surface area contributed by atoms with Crippen LogP contribution in [0.15, 0.2) is 24.3 Å². The van der Waals surface area contributed by atoms with Crippen molar-refractivity contribution >= 4 is 5.91 Å². The fourth-order valence-corrected chi connectivity index (χ4v) is 4.03. The average molecular weight is 348 g/mol. The molecule has 0 radical (unpaired) electrons. The molecule has 2 heterocycles. The second kappa shape index (κ2) is 8.77. The van der Waals surface area contributed by atoms with Crippen LogP contribution in [0.25, 0.3) is 0 Å². The molecule has 0 aliphatic carbocycles. The highest BCUT2D eigenvalue weighted by atomic mass is 19.1. The molecule has 1 aromatic rings. The summed E-state index contributed by atoms with van der Waals surface area (Å²) >= 11 is 0. The van der Waals surface area contributed by atoms with Gasteiger partial charge in [0.1, 0.15) is 5.82 Å². The molecule has 138 valence electrons. The standard InChI is InChI=1S/C20H29FN2O2/c1-25-13-12-22-9-8-18(15-22)20(24)23-10-6-17(7-11-23)14-16-2-4-19(21)5-3-16/h2-5,17-18H,6-15H2,1H3/t18-/m0/s1. The van der Waals surface area contributed by atoms with Crippen LogP contribution in [0.1, 0.15) is 24.8 Å². The number of carbonyl (C=O) groups is 1. The van der Waals surface area contributed by atoms with Crippen LogP contribution in [0, 0.1) is 17.7 Å². The summed E-state index contributed by atoms with van der Waals surface area (Å²) in [5.74, 6) is 0.905. The zero-order valence-corrected chi connectivity index (χ0v) is 15.1. The average Bonchev–Trinajstić information content (AvgIpc) is 3.11.